The van der Waals surface area contributed by atoms with E-state index in [2.05, 4.69) is 87.8 Å². The molecule has 27 heavy (non-hydrogen) atoms. The van der Waals surface area contributed by atoms with Gasteiger partial charge in [0, 0.05) is 5.33 Å². The molecular formula is C26H47Br. The van der Waals surface area contributed by atoms with Gasteiger partial charge >= 0.3 is 0 Å². The van der Waals surface area contributed by atoms with E-state index in [0.717, 1.165) is 17.2 Å². The first kappa shape index (κ1) is 26.7. The van der Waals surface area contributed by atoms with Gasteiger partial charge < -0.3 is 0 Å². The zero-order chi connectivity index (χ0) is 20.5. The molecule has 0 heterocycles. The molecule has 0 bridgehead atoms. The lowest BCUT2D eigenvalue weighted by Crippen LogP contribution is -2.15. The van der Waals surface area contributed by atoms with E-state index in [4.69, 9.17) is 0 Å². The molecule has 0 aromatic heterocycles. The van der Waals surface area contributed by atoms with Gasteiger partial charge in [-0.2, -0.15) is 0 Å². The van der Waals surface area contributed by atoms with Gasteiger partial charge in [0.15, 0.2) is 0 Å². The van der Waals surface area contributed by atoms with Crippen molar-refractivity contribution in [3.63, 3.8) is 0 Å². The third-order valence-electron chi connectivity index (χ3n) is 5.71. The van der Waals surface area contributed by atoms with Crippen molar-refractivity contribution in [3.05, 3.63) is 35.9 Å². The molecule has 1 aromatic rings. The van der Waals surface area contributed by atoms with Crippen LogP contribution in [0.15, 0.2) is 30.3 Å². The van der Waals surface area contributed by atoms with Crippen LogP contribution in [-0.4, -0.2) is 5.33 Å². The van der Waals surface area contributed by atoms with E-state index < -0.39 is 0 Å². The topological polar surface area (TPSA) is 0 Å². The highest BCUT2D eigenvalue weighted by atomic mass is 79.9. The maximum atomic E-state index is 3.51. The van der Waals surface area contributed by atoms with E-state index in [1.54, 1.807) is 6.42 Å². The first-order valence-electron chi connectivity index (χ1n) is 11.6. The second-order valence-electron chi connectivity index (χ2n) is 8.51. The van der Waals surface area contributed by atoms with Gasteiger partial charge in [-0.25, -0.2) is 0 Å². The van der Waals surface area contributed by atoms with Crippen molar-refractivity contribution in [2.45, 2.75) is 105 Å². The Morgan fingerprint density at radius 2 is 1.37 bits per heavy atom. The molecule has 0 nitrogen and oxygen atoms in total. The molecule has 158 valence electrons. The van der Waals surface area contributed by atoms with Crippen LogP contribution in [0, 0.1) is 17.8 Å². The highest BCUT2D eigenvalue weighted by Crippen LogP contribution is 2.34. The van der Waals surface area contributed by atoms with Gasteiger partial charge in [0.05, 0.1) is 0 Å². The summed E-state index contributed by atoms with van der Waals surface area (Å²) in [6.45, 7) is 13.4. The average Bonchev–Trinajstić information content (AvgIpc) is 2.69. The monoisotopic (exact) mass is 438 g/mol. The predicted molar refractivity (Wildman–Crippen MR) is 129 cm³/mol. The maximum Gasteiger partial charge on any atom is 0.00627 e. The highest BCUT2D eigenvalue weighted by Gasteiger charge is 2.20. The molecule has 1 aliphatic carbocycles. The number of alkyl halides is 1. The number of benzene rings is 1. The van der Waals surface area contributed by atoms with Crippen LogP contribution in [0.3, 0.4) is 0 Å². The Labute approximate surface area is 180 Å². The zero-order valence-corrected chi connectivity index (χ0v) is 20.7. The van der Waals surface area contributed by atoms with Gasteiger partial charge in [-0.3, -0.25) is 0 Å². The number of hydrogen-bond acceptors (Lipinski definition) is 0. The van der Waals surface area contributed by atoms with Crippen LogP contribution in [-0.2, 0) is 0 Å². The van der Waals surface area contributed by atoms with Crippen LogP contribution >= 0.6 is 15.9 Å². The minimum absolute atomic E-state index is 0.644. The molecule has 4 atom stereocenters. The van der Waals surface area contributed by atoms with Crippen molar-refractivity contribution in [3.8, 4) is 0 Å². The summed E-state index contributed by atoms with van der Waals surface area (Å²) in [6.07, 6.45) is 13.1. The van der Waals surface area contributed by atoms with Crippen LogP contribution < -0.4 is 0 Å². The molecule has 0 N–H and O–H groups in total. The number of hydrogen-bond donors (Lipinski definition) is 0. The van der Waals surface area contributed by atoms with Crippen molar-refractivity contribution in [1.82, 2.24) is 0 Å². The smallest absolute Gasteiger partial charge is 0.00627 e. The SMILES string of the molecule is CC(CBr)C(C)c1ccccc1.CCC.CCCC1CCC[C@H](CCC)C1. The third kappa shape index (κ3) is 12.7. The molecule has 1 fully saturated rings. The molecule has 0 spiro atoms. The summed E-state index contributed by atoms with van der Waals surface area (Å²) < 4.78 is 0. The third-order valence-corrected chi connectivity index (χ3v) is 6.73. The molecule has 0 saturated heterocycles. The van der Waals surface area contributed by atoms with Crippen molar-refractivity contribution in [2.75, 3.05) is 5.33 Å². The van der Waals surface area contributed by atoms with E-state index in [1.807, 2.05) is 0 Å². The molecule has 2 rings (SSSR count). The summed E-state index contributed by atoms with van der Waals surface area (Å²) in [5, 5.41) is 1.07. The summed E-state index contributed by atoms with van der Waals surface area (Å²) in [6, 6.07) is 10.7. The quantitative estimate of drug-likeness (QED) is 0.371. The summed E-state index contributed by atoms with van der Waals surface area (Å²) in [5.41, 5.74) is 1.43. The van der Waals surface area contributed by atoms with Crippen LogP contribution in [0.5, 0.6) is 0 Å². The molecular weight excluding hydrogens is 392 g/mol. The zero-order valence-electron chi connectivity index (χ0n) is 19.1. The Morgan fingerprint density at radius 1 is 0.889 bits per heavy atom. The molecule has 1 saturated carbocycles. The van der Waals surface area contributed by atoms with Gasteiger partial charge in [-0.05, 0) is 35.7 Å². The van der Waals surface area contributed by atoms with E-state index in [1.165, 1.54) is 56.9 Å². The van der Waals surface area contributed by atoms with Crippen molar-refractivity contribution in [2.24, 2.45) is 17.8 Å². The number of rotatable bonds is 7. The average molecular weight is 440 g/mol. The molecule has 0 aliphatic heterocycles. The van der Waals surface area contributed by atoms with E-state index in [9.17, 15) is 0 Å². The van der Waals surface area contributed by atoms with Gasteiger partial charge in [0.1, 0.15) is 0 Å². The molecule has 1 aromatic carbocycles. The Morgan fingerprint density at radius 3 is 1.78 bits per heavy atom. The molecule has 1 aliphatic rings. The Hall–Kier alpha value is -0.300. The van der Waals surface area contributed by atoms with E-state index in [0.29, 0.717) is 11.8 Å². The Bertz CT molecular complexity index is 397. The Kier molecular flexibility index (Phi) is 17.6. The fraction of sp³-hybridized carbons (Fsp3) is 0.769. The molecule has 0 radical (unpaired) electrons. The second kappa shape index (κ2) is 17.8. The van der Waals surface area contributed by atoms with Gasteiger partial charge in [0.25, 0.3) is 0 Å². The second-order valence-corrected chi connectivity index (χ2v) is 9.16. The normalized spacial score (nSPS) is 21.1. The van der Waals surface area contributed by atoms with Gasteiger partial charge in [-0.15, -0.1) is 0 Å². The van der Waals surface area contributed by atoms with Gasteiger partial charge in [-0.1, -0.05) is 139 Å². The Balaban J connectivity index is 0.000000438. The predicted octanol–water partition coefficient (Wildman–Crippen LogP) is 9.63. The first-order chi connectivity index (χ1) is 13.0. The van der Waals surface area contributed by atoms with Crippen molar-refractivity contribution < 1.29 is 0 Å². The van der Waals surface area contributed by atoms with Crippen LogP contribution in [0.25, 0.3) is 0 Å². The largest absolute Gasteiger partial charge is 0.0925 e. The van der Waals surface area contributed by atoms with Gasteiger partial charge in [0.2, 0.25) is 0 Å². The lowest BCUT2D eigenvalue weighted by atomic mass is 9.78. The fourth-order valence-corrected chi connectivity index (χ4v) is 4.52. The summed E-state index contributed by atoms with van der Waals surface area (Å²) in [5.74, 6) is 3.51. The minimum Gasteiger partial charge on any atom is -0.0925 e. The molecule has 1 heteroatoms. The summed E-state index contributed by atoms with van der Waals surface area (Å²) in [4.78, 5) is 0. The van der Waals surface area contributed by atoms with Crippen LogP contribution in [0.4, 0.5) is 0 Å². The number of halogens is 1. The van der Waals surface area contributed by atoms with Crippen LogP contribution in [0.1, 0.15) is 111 Å². The van der Waals surface area contributed by atoms with E-state index >= 15 is 0 Å². The van der Waals surface area contributed by atoms with Crippen molar-refractivity contribution in [1.29, 1.82) is 0 Å². The highest BCUT2D eigenvalue weighted by molar-refractivity contribution is 9.09. The van der Waals surface area contributed by atoms with E-state index in [-0.39, 0.29) is 0 Å². The molecule has 0 amide bonds. The fourth-order valence-electron chi connectivity index (χ4n) is 3.96. The first-order valence-corrected chi connectivity index (χ1v) is 12.8. The lowest BCUT2D eigenvalue weighted by Gasteiger charge is -2.28. The standard InChI is InChI=1S/C12H24.C11H15Br.C3H8/c1-3-6-11-8-5-9-12(10-11)7-4-2;1-9(8-12)10(2)11-6-4-3-5-7-11;1-3-2/h11-12H,3-10H2,1-2H3;3-7,9-10H,8H2,1-2H3;3H2,1-2H3/t11-,12?;;/m0../s1. The summed E-state index contributed by atoms with van der Waals surface area (Å²) in [7, 11) is 0. The minimum atomic E-state index is 0.644. The summed E-state index contributed by atoms with van der Waals surface area (Å²) >= 11 is 3.51. The van der Waals surface area contributed by atoms with Crippen molar-refractivity contribution >= 4 is 15.9 Å². The lowest BCUT2D eigenvalue weighted by molar-refractivity contribution is 0.242. The van der Waals surface area contributed by atoms with Crippen LogP contribution in [0.2, 0.25) is 0 Å². The maximum absolute atomic E-state index is 3.51. The molecule has 3 unspecified atom stereocenters.